The van der Waals surface area contributed by atoms with Crippen LogP contribution in [0.1, 0.15) is 52.0 Å². The number of likely N-dealkylation sites (tertiary alicyclic amines) is 1. The molecule has 2 aliphatic heterocycles. The second-order valence-corrected chi connectivity index (χ2v) is 9.52. The highest BCUT2D eigenvalue weighted by atomic mass is 35.5. The second kappa shape index (κ2) is 15.6. The number of aryl methyl sites for hydroxylation is 1. The van der Waals surface area contributed by atoms with Crippen molar-refractivity contribution in [1.82, 2.24) is 14.7 Å². The second-order valence-electron chi connectivity index (χ2n) is 9.12. The Hall–Kier alpha value is -2.37. The number of carbonyl (C=O) groups is 2. The molecule has 0 N–H and O–H groups in total. The molecular weight excluding hydrogens is 458 g/mol. The van der Waals surface area contributed by atoms with Crippen molar-refractivity contribution in [2.75, 3.05) is 46.3 Å². The van der Waals surface area contributed by atoms with Gasteiger partial charge in [-0.15, -0.1) is 0 Å². The van der Waals surface area contributed by atoms with Gasteiger partial charge in [0.1, 0.15) is 0 Å². The lowest BCUT2D eigenvalue weighted by atomic mass is 10.1. The van der Waals surface area contributed by atoms with Crippen molar-refractivity contribution in [3.8, 4) is 0 Å². The number of piperidine rings is 1. The molecule has 0 spiro atoms. The molecule has 2 saturated heterocycles. The first-order chi connectivity index (χ1) is 16.9. The Morgan fingerprint density at radius 3 is 2.29 bits per heavy atom. The fourth-order valence-corrected chi connectivity index (χ4v) is 4.52. The number of likely N-dealkylation sites (N-methyl/N-ethyl adjacent to an activating group) is 1. The highest BCUT2D eigenvalue weighted by molar-refractivity contribution is 6.31. The lowest BCUT2D eigenvalue weighted by Crippen LogP contribution is -2.46. The maximum atomic E-state index is 12.6. The minimum Gasteiger partial charge on any atom is -0.374 e. The molecule has 2 fully saturated rings. The molecule has 5 nitrogen and oxygen atoms in total. The van der Waals surface area contributed by atoms with Gasteiger partial charge in [-0.2, -0.15) is 0 Å². The zero-order valence-corrected chi connectivity index (χ0v) is 22.7. The predicted octanol–water partition coefficient (Wildman–Crippen LogP) is 5.51. The van der Waals surface area contributed by atoms with Crippen molar-refractivity contribution in [3.63, 3.8) is 0 Å². The highest BCUT2D eigenvalue weighted by Gasteiger charge is 2.24. The molecule has 3 rings (SSSR count). The predicted molar refractivity (Wildman–Crippen MR) is 147 cm³/mol. The van der Waals surface area contributed by atoms with Gasteiger partial charge in [-0.3, -0.25) is 14.5 Å². The largest absolute Gasteiger partial charge is 0.374 e. The highest BCUT2D eigenvalue weighted by Crippen LogP contribution is 2.18. The Morgan fingerprint density at radius 1 is 0.971 bits per heavy atom. The number of ketones is 1. The van der Waals surface area contributed by atoms with Crippen LogP contribution in [0.5, 0.6) is 0 Å². The number of Topliss-reactive ketones (excluding diaryl/α,β-unsaturated/α-hetero) is 1. The normalized spacial score (nSPS) is 18.5. The van der Waals surface area contributed by atoms with E-state index in [1.54, 1.807) is 13.0 Å². The number of halogens is 1. The lowest BCUT2D eigenvalue weighted by molar-refractivity contribution is -0.127. The van der Waals surface area contributed by atoms with Crippen molar-refractivity contribution in [2.45, 2.75) is 52.9 Å². The Morgan fingerprint density at radius 2 is 1.69 bits per heavy atom. The Bertz CT molecular complexity index is 916. The van der Waals surface area contributed by atoms with Crippen LogP contribution >= 0.6 is 11.6 Å². The molecule has 0 saturated carbocycles. The number of rotatable bonds is 7. The van der Waals surface area contributed by atoms with Gasteiger partial charge in [-0.25, -0.2) is 0 Å². The van der Waals surface area contributed by atoms with Gasteiger partial charge < -0.3 is 9.80 Å². The molecule has 0 aromatic heterocycles. The van der Waals surface area contributed by atoms with Crippen LogP contribution in [0.2, 0.25) is 5.02 Å². The molecule has 0 aliphatic carbocycles. The summed E-state index contributed by atoms with van der Waals surface area (Å²) in [4.78, 5) is 31.0. The summed E-state index contributed by atoms with van der Waals surface area (Å²) in [6.07, 6.45) is 13.3. The van der Waals surface area contributed by atoms with Crippen molar-refractivity contribution < 1.29 is 9.59 Å². The monoisotopic (exact) mass is 499 g/mol. The van der Waals surface area contributed by atoms with E-state index in [-0.39, 0.29) is 11.7 Å². The Labute approximate surface area is 217 Å². The first-order valence-corrected chi connectivity index (χ1v) is 13.3. The van der Waals surface area contributed by atoms with E-state index in [4.69, 9.17) is 11.6 Å². The third kappa shape index (κ3) is 9.65. The fraction of sp³-hybridized carbons (Fsp3) is 0.517. The van der Waals surface area contributed by atoms with Crippen LogP contribution in [0.3, 0.4) is 0 Å². The molecule has 35 heavy (non-hydrogen) atoms. The smallest absolute Gasteiger partial charge is 0.246 e. The number of amides is 1. The van der Waals surface area contributed by atoms with Gasteiger partial charge in [0.25, 0.3) is 0 Å². The van der Waals surface area contributed by atoms with E-state index in [1.165, 1.54) is 24.8 Å². The maximum Gasteiger partial charge on any atom is 0.246 e. The fourth-order valence-electron chi connectivity index (χ4n) is 4.25. The lowest BCUT2D eigenvalue weighted by Gasteiger charge is -2.36. The molecule has 6 heteroatoms. The van der Waals surface area contributed by atoms with E-state index in [1.807, 2.05) is 61.4 Å². The number of carbonyl (C=O) groups excluding carboxylic acids is 2. The van der Waals surface area contributed by atoms with Gasteiger partial charge in [-0.1, -0.05) is 68.3 Å². The summed E-state index contributed by atoms with van der Waals surface area (Å²) in [6.45, 7) is 10.8. The number of benzene rings is 1. The molecule has 192 valence electrons. The number of hydrogen-bond donors (Lipinski definition) is 0. The summed E-state index contributed by atoms with van der Waals surface area (Å²) in [7, 11) is 1.99. The SMILES string of the molecule is CC/C=C/C(C(C)=O)=C1/CN(C(=O)/C=C/CN2CCCCC2)CCN1C.CCc1ccccc1Cl. The number of piperazine rings is 1. The molecular formula is C29H42ClN3O2. The van der Waals surface area contributed by atoms with Crippen LogP contribution in [0.15, 0.2) is 59.8 Å². The Kier molecular flexibility index (Phi) is 12.9. The third-order valence-corrected chi connectivity index (χ3v) is 6.81. The van der Waals surface area contributed by atoms with E-state index in [0.717, 1.165) is 49.7 Å². The van der Waals surface area contributed by atoms with Gasteiger partial charge >= 0.3 is 0 Å². The summed E-state index contributed by atoms with van der Waals surface area (Å²) in [5.74, 6) is 0.0847. The summed E-state index contributed by atoms with van der Waals surface area (Å²) >= 11 is 5.82. The summed E-state index contributed by atoms with van der Waals surface area (Å²) in [5, 5.41) is 0.875. The van der Waals surface area contributed by atoms with E-state index in [2.05, 4.69) is 16.7 Å². The van der Waals surface area contributed by atoms with Crippen molar-refractivity contribution in [3.05, 3.63) is 70.4 Å². The van der Waals surface area contributed by atoms with E-state index in [0.29, 0.717) is 18.7 Å². The third-order valence-electron chi connectivity index (χ3n) is 6.44. The van der Waals surface area contributed by atoms with Gasteiger partial charge in [0, 0.05) is 49.1 Å². The molecule has 2 aliphatic rings. The average molecular weight is 500 g/mol. The first kappa shape index (κ1) is 28.9. The number of hydrogen-bond acceptors (Lipinski definition) is 4. The van der Waals surface area contributed by atoms with Crippen LogP contribution in [-0.2, 0) is 16.0 Å². The Balaban J connectivity index is 0.000000402. The van der Waals surface area contributed by atoms with Crippen molar-refractivity contribution in [1.29, 1.82) is 0 Å². The summed E-state index contributed by atoms with van der Waals surface area (Å²) in [6, 6.07) is 7.91. The van der Waals surface area contributed by atoms with Crippen molar-refractivity contribution in [2.24, 2.45) is 0 Å². The van der Waals surface area contributed by atoms with Crippen LogP contribution in [0.25, 0.3) is 0 Å². The molecule has 0 atom stereocenters. The van der Waals surface area contributed by atoms with Gasteiger partial charge in [0.2, 0.25) is 5.91 Å². The van der Waals surface area contributed by atoms with Gasteiger partial charge in [-0.05, 0) is 57.3 Å². The molecule has 1 amide bonds. The molecule has 1 aromatic rings. The quantitative estimate of drug-likeness (QED) is 0.464. The van der Waals surface area contributed by atoms with Gasteiger partial charge in [0.05, 0.1) is 6.54 Å². The summed E-state index contributed by atoms with van der Waals surface area (Å²) in [5.41, 5.74) is 2.87. The summed E-state index contributed by atoms with van der Waals surface area (Å²) < 4.78 is 0. The van der Waals surface area contributed by atoms with E-state index >= 15 is 0 Å². The van der Waals surface area contributed by atoms with Crippen LogP contribution in [-0.4, -0.2) is 72.7 Å². The zero-order chi connectivity index (χ0) is 25.6. The minimum atomic E-state index is 0.0370. The topological polar surface area (TPSA) is 43.9 Å². The maximum absolute atomic E-state index is 12.6. The van der Waals surface area contributed by atoms with Crippen LogP contribution in [0.4, 0.5) is 0 Å². The van der Waals surface area contributed by atoms with E-state index < -0.39 is 0 Å². The minimum absolute atomic E-state index is 0.0370. The molecule has 0 unspecified atom stereocenters. The molecule has 1 aromatic carbocycles. The number of nitrogens with zero attached hydrogens (tertiary/aromatic N) is 3. The first-order valence-electron chi connectivity index (χ1n) is 12.9. The van der Waals surface area contributed by atoms with Crippen LogP contribution < -0.4 is 0 Å². The zero-order valence-electron chi connectivity index (χ0n) is 21.9. The van der Waals surface area contributed by atoms with Gasteiger partial charge in [0.15, 0.2) is 5.78 Å². The standard InChI is InChI=1S/C21H33N3O2.C8H9Cl/c1-4-5-10-19(18(2)25)20-17-24(16-15-22(20)3)21(26)11-9-14-23-12-7-6-8-13-23;1-2-7-5-3-4-6-8(7)9/h5,9-11H,4,6-8,12-17H2,1-3H3;3-6H,2H2,1H3/b10-5+,11-9+,20-19+;. The molecule has 0 bridgehead atoms. The van der Waals surface area contributed by atoms with Crippen LogP contribution in [0, 0.1) is 0 Å². The molecule has 0 radical (unpaired) electrons. The van der Waals surface area contributed by atoms with E-state index in [9.17, 15) is 9.59 Å². The average Bonchev–Trinajstić information content (AvgIpc) is 2.86. The molecule has 2 heterocycles. The van der Waals surface area contributed by atoms with Crippen molar-refractivity contribution >= 4 is 23.3 Å². The number of allylic oxidation sites excluding steroid dienone is 3.